The second-order valence-corrected chi connectivity index (χ2v) is 16.1. The maximum Gasteiger partial charge on any atom is 0.0620 e. The molecule has 0 bridgehead atoms. The van der Waals surface area contributed by atoms with E-state index in [4.69, 9.17) is 0 Å². The van der Waals surface area contributed by atoms with Gasteiger partial charge in [0.1, 0.15) is 0 Å². The monoisotopic (exact) mass is 803 g/mol. The summed E-state index contributed by atoms with van der Waals surface area (Å²) in [7, 11) is 0. The van der Waals surface area contributed by atoms with Crippen LogP contribution >= 0.6 is 0 Å². The van der Waals surface area contributed by atoms with Gasteiger partial charge >= 0.3 is 0 Å². The van der Waals surface area contributed by atoms with Gasteiger partial charge < -0.3 is 14.4 Å². The van der Waals surface area contributed by atoms with E-state index < -0.39 is 0 Å². The molecule has 11 aromatic carbocycles. The Morgan fingerprint density at radius 1 is 0.254 bits per heavy atom. The summed E-state index contributed by atoms with van der Waals surface area (Å²) >= 11 is 0. The van der Waals surface area contributed by atoms with Crippen LogP contribution in [0.25, 0.3) is 70.9 Å². The van der Waals surface area contributed by atoms with Crippen molar-refractivity contribution in [3.8, 4) is 16.8 Å². The Kier molecular flexibility index (Phi) is 8.83. The Labute approximate surface area is 366 Å². The van der Waals surface area contributed by atoms with Gasteiger partial charge in [-0.15, -0.1) is 0 Å². The molecular weight excluding hydrogens is 763 g/mol. The lowest BCUT2D eigenvalue weighted by Gasteiger charge is -2.28. The number of nitrogens with zero attached hydrogens (tertiary/aromatic N) is 3. The van der Waals surface area contributed by atoms with Crippen molar-refractivity contribution in [1.29, 1.82) is 0 Å². The van der Waals surface area contributed by atoms with Crippen LogP contribution in [0.3, 0.4) is 0 Å². The van der Waals surface area contributed by atoms with Crippen molar-refractivity contribution in [2.45, 2.75) is 0 Å². The first-order valence-electron chi connectivity index (χ1n) is 21.6. The third-order valence-electron chi connectivity index (χ3n) is 12.5. The first kappa shape index (κ1) is 36.5. The van der Waals surface area contributed by atoms with Crippen molar-refractivity contribution in [2.24, 2.45) is 0 Å². The molecule has 0 fully saturated rings. The highest BCUT2D eigenvalue weighted by atomic mass is 15.1. The summed E-state index contributed by atoms with van der Waals surface area (Å²) in [5.74, 6) is 0. The van der Waals surface area contributed by atoms with Gasteiger partial charge in [-0.25, -0.2) is 0 Å². The van der Waals surface area contributed by atoms with Crippen LogP contribution < -0.4 is 9.80 Å². The minimum absolute atomic E-state index is 1.09. The molecule has 0 spiro atoms. The first-order chi connectivity index (χ1) is 31.3. The molecular formula is C60H41N3. The molecule has 12 aromatic rings. The molecule has 296 valence electrons. The van der Waals surface area contributed by atoms with Gasteiger partial charge in [0.05, 0.1) is 16.7 Å². The summed E-state index contributed by atoms with van der Waals surface area (Å²) < 4.78 is 2.52. The number of hydrogen-bond acceptors (Lipinski definition) is 2. The highest BCUT2D eigenvalue weighted by Crippen LogP contribution is 2.48. The van der Waals surface area contributed by atoms with Gasteiger partial charge in [-0.2, -0.15) is 0 Å². The quantitative estimate of drug-likeness (QED) is 0.142. The van der Waals surface area contributed by atoms with Crippen molar-refractivity contribution in [3.05, 3.63) is 249 Å². The number of para-hydroxylation sites is 5. The topological polar surface area (TPSA) is 11.4 Å². The Morgan fingerprint density at radius 2 is 0.683 bits per heavy atom. The maximum atomic E-state index is 2.52. The molecule has 63 heavy (non-hydrogen) atoms. The van der Waals surface area contributed by atoms with Crippen LogP contribution in [0.4, 0.5) is 34.1 Å². The van der Waals surface area contributed by atoms with E-state index in [0.29, 0.717) is 0 Å². The summed E-state index contributed by atoms with van der Waals surface area (Å²) in [6.45, 7) is 0. The molecule has 1 aromatic heterocycles. The summed E-state index contributed by atoms with van der Waals surface area (Å²) in [6.07, 6.45) is 0. The van der Waals surface area contributed by atoms with Crippen LogP contribution in [0, 0.1) is 0 Å². The van der Waals surface area contributed by atoms with Gasteiger partial charge in [-0.3, -0.25) is 0 Å². The largest absolute Gasteiger partial charge is 0.310 e. The lowest BCUT2D eigenvalue weighted by Crippen LogP contribution is -2.11. The third-order valence-corrected chi connectivity index (χ3v) is 12.5. The smallest absolute Gasteiger partial charge is 0.0620 e. The van der Waals surface area contributed by atoms with Gasteiger partial charge in [0, 0.05) is 55.7 Å². The zero-order valence-electron chi connectivity index (χ0n) is 34.5. The zero-order valence-corrected chi connectivity index (χ0v) is 34.5. The van der Waals surface area contributed by atoms with E-state index in [9.17, 15) is 0 Å². The summed E-state index contributed by atoms with van der Waals surface area (Å²) in [5.41, 5.74) is 12.5. The van der Waals surface area contributed by atoms with E-state index in [1.165, 1.54) is 65.3 Å². The molecule has 0 aliphatic carbocycles. The predicted molar refractivity (Wildman–Crippen MR) is 268 cm³/mol. The summed E-state index contributed by atoms with van der Waals surface area (Å²) in [6, 6.07) is 90.3. The van der Waals surface area contributed by atoms with Gasteiger partial charge in [0.2, 0.25) is 0 Å². The third kappa shape index (κ3) is 6.21. The lowest BCUT2D eigenvalue weighted by molar-refractivity contribution is 1.21. The maximum absolute atomic E-state index is 2.52. The Hall–Kier alpha value is -8.40. The molecule has 1 heterocycles. The van der Waals surface area contributed by atoms with Gasteiger partial charge in [0.15, 0.2) is 0 Å². The van der Waals surface area contributed by atoms with E-state index in [2.05, 4.69) is 263 Å². The minimum atomic E-state index is 1.09. The fourth-order valence-electron chi connectivity index (χ4n) is 9.72. The molecule has 3 nitrogen and oxygen atoms in total. The van der Waals surface area contributed by atoms with Crippen molar-refractivity contribution < 1.29 is 0 Å². The Balaban J connectivity index is 1.22. The second kappa shape index (κ2) is 15.3. The van der Waals surface area contributed by atoms with E-state index in [1.807, 2.05) is 0 Å². The standard InChI is InChI=1S/C60H41N3/c1-5-20-43(21-6-1)59-53-37-35-50(61(45-23-7-2-8-24-45)46-25-9-3-10-26-46)41-56(53)60(63-57-31-17-15-29-51(57)52-30-16-18-32-58(52)63)54-38-36-49(40-55(54)59)62(47-27-11-4-12-28-47)48-34-33-42-19-13-14-22-44(42)39-48/h1-41H. The number of fused-ring (bicyclic) bond motifs is 6. The highest BCUT2D eigenvalue weighted by Gasteiger charge is 2.24. The normalized spacial score (nSPS) is 11.5. The molecule has 0 atom stereocenters. The number of hydrogen-bond donors (Lipinski definition) is 0. The molecule has 0 radical (unpaired) electrons. The van der Waals surface area contributed by atoms with Crippen LogP contribution in [-0.2, 0) is 0 Å². The fraction of sp³-hybridized carbons (Fsp3) is 0. The van der Waals surface area contributed by atoms with Crippen molar-refractivity contribution >= 4 is 88.2 Å². The molecule has 3 heteroatoms. The summed E-state index contributed by atoms with van der Waals surface area (Å²) in [4.78, 5) is 4.76. The van der Waals surface area contributed by atoms with Crippen LogP contribution in [0.2, 0.25) is 0 Å². The Morgan fingerprint density at radius 3 is 1.27 bits per heavy atom. The summed E-state index contributed by atoms with van der Waals surface area (Å²) in [5, 5.41) is 9.60. The fourth-order valence-corrected chi connectivity index (χ4v) is 9.72. The second-order valence-electron chi connectivity index (χ2n) is 16.1. The van der Waals surface area contributed by atoms with Crippen molar-refractivity contribution in [3.63, 3.8) is 0 Å². The molecule has 0 saturated heterocycles. The minimum Gasteiger partial charge on any atom is -0.310 e. The molecule has 0 aliphatic rings. The average Bonchev–Trinajstić information content (AvgIpc) is 3.68. The SMILES string of the molecule is c1ccc(-c2c3cc(N(c4ccccc4)c4ccc5ccccc5c4)ccc3c(-n3c4ccccc4c4ccccc43)c3cc(N(c4ccccc4)c4ccccc4)ccc23)cc1. The molecule has 0 amide bonds. The first-order valence-corrected chi connectivity index (χ1v) is 21.6. The molecule has 0 N–H and O–H groups in total. The van der Waals surface area contributed by atoms with Gasteiger partial charge in [-0.1, -0.05) is 164 Å². The van der Waals surface area contributed by atoms with E-state index in [-0.39, 0.29) is 0 Å². The molecule has 0 saturated carbocycles. The predicted octanol–water partition coefficient (Wildman–Crippen LogP) is 16.8. The number of rotatable bonds is 8. The zero-order chi connectivity index (χ0) is 41.7. The van der Waals surface area contributed by atoms with Gasteiger partial charge in [-0.05, 0) is 118 Å². The van der Waals surface area contributed by atoms with E-state index in [0.717, 1.165) is 39.8 Å². The van der Waals surface area contributed by atoms with Crippen LogP contribution in [0.1, 0.15) is 0 Å². The van der Waals surface area contributed by atoms with Crippen molar-refractivity contribution in [1.82, 2.24) is 4.57 Å². The van der Waals surface area contributed by atoms with E-state index in [1.54, 1.807) is 0 Å². The number of aromatic nitrogens is 1. The number of anilines is 6. The highest BCUT2D eigenvalue weighted by molar-refractivity contribution is 6.22. The van der Waals surface area contributed by atoms with Crippen molar-refractivity contribution in [2.75, 3.05) is 9.80 Å². The van der Waals surface area contributed by atoms with Gasteiger partial charge in [0.25, 0.3) is 0 Å². The van der Waals surface area contributed by atoms with E-state index >= 15 is 0 Å². The van der Waals surface area contributed by atoms with Crippen LogP contribution in [-0.4, -0.2) is 4.57 Å². The van der Waals surface area contributed by atoms with Crippen LogP contribution in [0.15, 0.2) is 249 Å². The molecule has 12 rings (SSSR count). The molecule has 0 aliphatic heterocycles. The Bertz CT molecular complexity index is 3520. The average molecular weight is 804 g/mol. The van der Waals surface area contributed by atoms with Crippen LogP contribution in [0.5, 0.6) is 0 Å². The molecule has 0 unspecified atom stereocenters. The number of benzene rings is 11. The lowest BCUT2D eigenvalue weighted by atomic mass is 9.89.